The van der Waals surface area contributed by atoms with Crippen LogP contribution in [0.15, 0.2) is 0 Å². The van der Waals surface area contributed by atoms with Crippen molar-refractivity contribution in [2.45, 2.75) is 66.5 Å². The Labute approximate surface area is 139 Å². The first-order valence-corrected chi connectivity index (χ1v) is 9.28. The van der Waals surface area contributed by atoms with E-state index in [2.05, 4.69) is 63.2 Å². The van der Waals surface area contributed by atoms with Crippen molar-refractivity contribution in [1.82, 2.24) is 14.7 Å². The zero-order valence-electron chi connectivity index (χ0n) is 16.2. The monoisotopic (exact) mass is 309 g/mol. The molecule has 0 saturated carbocycles. The quantitative estimate of drug-likeness (QED) is 0.776. The summed E-state index contributed by atoms with van der Waals surface area (Å²) in [5.41, 5.74) is 0.749. The van der Waals surface area contributed by atoms with E-state index >= 15 is 0 Å². The lowest BCUT2D eigenvalue weighted by Gasteiger charge is -2.49. The van der Waals surface area contributed by atoms with E-state index in [4.69, 9.17) is 0 Å². The van der Waals surface area contributed by atoms with E-state index in [1.165, 1.54) is 52.2 Å². The van der Waals surface area contributed by atoms with E-state index in [1.807, 2.05) is 0 Å². The Kier molecular flexibility index (Phi) is 5.62. The number of piperazine rings is 1. The first-order valence-electron chi connectivity index (χ1n) is 9.28. The Morgan fingerprint density at radius 3 is 1.91 bits per heavy atom. The van der Waals surface area contributed by atoms with Gasteiger partial charge in [0.25, 0.3) is 0 Å². The van der Waals surface area contributed by atoms with Crippen LogP contribution in [0.4, 0.5) is 0 Å². The van der Waals surface area contributed by atoms with E-state index in [-0.39, 0.29) is 0 Å². The van der Waals surface area contributed by atoms with Crippen LogP contribution in [0, 0.1) is 11.3 Å². The topological polar surface area (TPSA) is 9.72 Å². The van der Waals surface area contributed by atoms with Gasteiger partial charge in [-0.3, -0.25) is 9.80 Å². The first kappa shape index (κ1) is 18.2. The predicted octanol–water partition coefficient (Wildman–Crippen LogP) is 3.16. The number of nitrogens with zero attached hydrogens (tertiary/aromatic N) is 3. The largest absolute Gasteiger partial charge is 0.302 e. The zero-order chi connectivity index (χ0) is 16.5. The molecule has 0 aromatic rings. The van der Waals surface area contributed by atoms with Crippen LogP contribution >= 0.6 is 0 Å². The van der Waals surface area contributed by atoms with Gasteiger partial charge >= 0.3 is 0 Å². The fourth-order valence-corrected chi connectivity index (χ4v) is 4.30. The van der Waals surface area contributed by atoms with Crippen molar-refractivity contribution in [1.29, 1.82) is 0 Å². The molecule has 2 heterocycles. The van der Waals surface area contributed by atoms with Gasteiger partial charge in [0.05, 0.1) is 0 Å². The Morgan fingerprint density at radius 1 is 0.864 bits per heavy atom. The molecule has 22 heavy (non-hydrogen) atoms. The molecular formula is C19H39N3. The summed E-state index contributed by atoms with van der Waals surface area (Å²) in [4.78, 5) is 8.11. The van der Waals surface area contributed by atoms with Crippen LogP contribution in [0.3, 0.4) is 0 Å². The van der Waals surface area contributed by atoms with Gasteiger partial charge in [-0.2, -0.15) is 0 Å². The van der Waals surface area contributed by atoms with Crippen molar-refractivity contribution >= 4 is 0 Å². The van der Waals surface area contributed by atoms with Gasteiger partial charge in [0.1, 0.15) is 0 Å². The van der Waals surface area contributed by atoms with Gasteiger partial charge in [0.15, 0.2) is 0 Å². The highest BCUT2D eigenvalue weighted by Crippen LogP contribution is 2.27. The lowest BCUT2D eigenvalue weighted by atomic mass is 9.89. The molecule has 3 heteroatoms. The molecule has 2 aliphatic rings. The lowest BCUT2D eigenvalue weighted by molar-refractivity contribution is -0.000477. The van der Waals surface area contributed by atoms with Gasteiger partial charge < -0.3 is 4.90 Å². The fourth-order valence-electron chi connectivity index (χ4n) is 4.30. The molecule has 3 nitrogen and oxygen atoms in total. The third-order valence-corrected chi connectivity index (χ3v) is 5.37. The minimum absolute atomic E-state index is 0.327. The Morgan fingerprint density at radius 2 is 1.45 bits per heavy atom. The van der Waals surface area contributed by atoms with Crippen molar-refractivity contribution in [3.63, 3.8) is 0 Å². The highest BCUT2D eigenvalue weighted by Gasteiger charge is 2.34. The molecule has 130 valence electrons. The molecule has 0 aromatic carbocycles. The summed E-state index contributed by atoms with van der Waals surface area (Å²) in [7, 11) is 0. The number of piperidine rings is 1. The van der Waals surface area contributed by atoms with Crippen molar-refractivity contribution in [3.8, 4) is 0 Å². The number of likely N-dealkylation sites (tertiary alicyclic amines) is 1. The van der Waals surface area contributed by atoms with Crippen molar-refractivity contribution in [2.75, 3.05) is 45.8 Å². The van der Waals surface area contributed by atoms with E-state index in [1.54, 1.807) is 0 Å². The summed E-state index contributed by atoms with van der Waals surface area (Å²) in [5.74, 6) is 0.803. The summed E-state index contributed by atoms with van der Waals surface area (Å²) in [6.45, 7) is 25.3. The molecule has 2 fully saturated rings. The molecule has 0 amide bonds. The maximum absolute atomic E-state index is 2.78. The van der Waals surface area contributed by atoms with Crippen molar-refractivity contribution in [2.24, 2.45) is 11.3 Å². The molecule has 0 N–H and O–H groups in total. The Hall–Kier alpha value is -0.120. The van der Waals surface area contributed by atoms with Crippen LogP contribution in [0.5, 0.6) is 0 Å². The number of hydrogen-bond acceptors (Lipinski definition) is 3. The molecule has 2 atom stereocenters. The molecule has 0 spiro atoms. The Balaban J connectivity index is 1.83. The van der Waals surface area contributed by atoms with Gasteiger partial charge in [0, 0.05) is 50.8 Å². The minimum Gasteiger partial charge on any atom is -0.302 e. The summed E-state index contributed by atoms with van der Waals surface area (Å²) < 4.78 is 0. The summed E-state index contributed by atoms with van der Waals surface area (Å²) in [5, 5.41) is 0. The molecule has 0 bridgehead atoms. The molecular weight excluding hydrogens is 270 g/mol. The van der Waals surface area contributed by atoms with Crippen LogP contribution in [-0.4, -0.2) is 72.1 Å². The van der Waals surface area contributed by atoms with Crippen LogP contribution in [-0.2, 0) is 0 Å². The van der Waals surface area contributed by atoms with Crippen LogP contribution in [0.1, 0.15) is 54.9 Å². The van der Waals surface area contributed by atoms with Crippen molar-refractivity contribution < 1.29 is 0 Å². The van der Waals surface area contributed by atoms with Crippen molar-refractivity contribution in [3.05, 3.63) is 0 Å². The highest BCUT2D eigenvalue weighted by molar-refractivity contribution is 4.90. The molecule has 0 aliphatic carbocycles. The van der Waals surface area contributed by atoms with E-state index in [9.17, 15) is 0 Å². The average Bonchev–Trinajstić information content (AvgIpc) is 2.36. The normalized spacial score (nSPS) is 30.7. The second-order valence-electron chi connectivity index (χ2n) is 9.82. The molecule has 1 unspecified atom stereocenters. The smallest absolute Gasteiger partial charge is 0.0146 e. The summed E-state index contributed by atoms with van der Waals surface area (Å²) in [6, 6.07) is 0.804. The molecule has 0 radical (unpaired) electrons. The second kappa shape index (κ2) is 6.78. The van der Waals surface area contributed by atoms with Crippen LogP contribution in [0.2, 0.25) is 0 Å². The maximum atomic E-state index is 2.78. The molecule has 2 rings (SSSR count). The van der Waals surface area contributed by atoms with Gasteiger partial charge in [-0.15, -0.1) is 0 Å². The zero-order valence-corrected chi connectivity index (χ0v) is 16.2. The maximum Gasteiger partial charge on any atom is 0.0146 e. The first-order chi connectivity index (χ1) is 10.1. The summed E-state index contributed by atoms with van der Waals surface area (Å²) in [6.07, 6.45) is 1.35. The minimum atomic E-state index is 0.327. The number of hydrogen-bond donors (Lipinski definition) is 0. The molecule has 0 aromatic heterocycles. The van der Waals surface area contributed by atoms with Crippen LogP contribution < -0.4 is 0 Å². The number of rotatable bonds is 2. The standard InChI is InChI=1S/C19H39N3/c1-16-14-20(15-18(2,3)4)9-8-17(16)21-10-12-22(13-11-21)19(5,6)7/h16-17H,8-15H2,1-7H3/t16-,17?/m1/s1. The molecule has 2 aliphatic heterocycles. The predicted molar refractivity (Wildman–Crippen MR) is 96.4 cm³/mol. The van der Waals surface area contributed by atoms with Gasteiger partial charge in [-0.25, -0.2) is 0 Å². The summed E-state index contributed by atoms with van der Waals surface area (Å²) >= 11 is 0. The highest BCUT2D eigenvalue weighted by atomic mass is 15.3. The third-order valence-electron chi connectivity index (χ3n) is 5.37. The third kappa shape index (κ3) is 4.94. The average molecular weight is 310 g/mol. The second-order valence-corrected chi connectivity index (χ2v) is 9.82. The lowest BCUT2D eigenvalue weighted by Crippen LogP contribution is -2.59. The Bertz CT molecular complexity index is 345. The van der Waals surface area contributed by atoms with Gasteiger partial charge in [-0.05, 0) is 45.1 Å². The van der Waals surface area contributed by atoms with Gasteiger partial charge in [0.2, 0.25) is 0 Å². The SMILES string of the molecule is C[C@@H]1CN(CC(C)(C)C)CCC1N1CCN(C(C)(C)C)CC1. The fraction of sp³-hybridized carbons (Fsp3) is 1.00. The van der Waals surface area contributed by atoms with Crippen LogP contribution in [0.25, 0.3) is 0 Å². The van der Waals surface area contributed by atoms with E-state index in [0.29, 0.717) is 11.0 Å². The van der Waals surface area contributed by atoms with Gasteiger partial charge in [-0.1, -0.05) is 27.7 Å². The molecule has 2 saturated heterocycles. The van der Waals surface area contributed by atoms with E-state index < -0.39 is 0 Å². The van der Waals surface area contributed by atoms with E-state index in [0.717, 1.165) is 12.0 Å².